The van der Waals surface area contributed by atoms with E-state index in [2.05, 4.69) is 11.2 Å². The molecule has 2 rings (SSSR count). The molecule has 2 aromatic rings. The van der Waals surface area contributed by atoms with Crippen molar-refractivity contribution in [3.8, 4) is 18.2 Å². The maximum absolute atomic E-state index is 9.66. The van der Waals surface area contributed by atoms with Crippen LogP contribution in [0.4, 0.5) is 0 Å². The van der Waals surface area contributed by atoms with E-state index >= 15 is 0 Å². The zero-order valence-corrected chi connectivity index (χ0v) is 14.6. The summed E-state index contributed by atoms with van der Waals surface area (Å²) in [6.45, 7) is 0. The lowest BCUT2D eigenvalue weighted by molar-refractivity contribution is 0.560. The van der Waals surface area contributed by atoms with Crippen LogP contribution in [0.2, 0.25) is 10.0 Å². The van der Waals surface area contributed by atoms with E-state index in [1.54, 1.807) is 25.4 Å². The fraction of sp³-hybridized carbons (Fsp3) is 0.235. The van der Waals surface area contributed by atoms with E-state index in [1.165, 1.54) is 16.9 Å². The predicted molar refractivity (Wildman–Crippen MR) is 93.1 cm³/mol. The van der Waals surface area contributed by atoms with E-state index in [9.17, 15) is 15.8 Å². The molecule has 25 heavy (non-hydrogen) atoms. The van der Waals surface area contributed by atoms with E-state index in [0.29, 0.717) is 16.1 Å². The fourth-order valence-corrected chi connectivity index (χ4v) is 2.86. The second kappa shape index (κ2) is 7.81. The Hall–Kier alpha value is -2.85. The molecule has 0 aliphatic carbocycles. The van der Waals surface area contributed by atoms with Crippen molar-refractivity contribution < 1.29 is 0 Å². The van der Waals surface area contributed by atoms with E-state index in [1.807, 2.05) is 12.1 Å². The number of aryl methyl sites for hydroxylation is 1. The average Bonchev–Trinajstić information content (AvgIpc) is 3.04. The summed E-state index contributed by atoms with van der Waals surface area (Å²) in [6, 6.07) is 10.5. The Kier molecular flexibility index (Phi) is 5.78. The van der Waals surface area contributed by atoms with E-state index in [4.69, 9.17) is 28.6 Å². The van der Waals surface area contributed by atoms with Gasteiger partial charge in [-0.2, -0.15) is 20.9 Å². The molecule has 0 bridgehead atoms. The SMILES string of the molecule is Cn1cc(C(=N)C(C#N)C(c2ccc(Cl)c(Cl)c2)C(C#N)C#N)cn1. The van der Waals surface area contributed by atoms with Crippen LogP contribution < -0.4 is 0 Å². The van der Waals surface area contributed by atoms with Gasteiger partial charge in [-0.15, -0.1) is 0 Å². The van der Waals surface area contributed by atoms with E-state index in [-0.39, 0.29) is 10.7 Å². The third-order valence-corrected chi connectivity index (χ3v) is 4.53. The highest BCUT2D eigenvalue weighted by Crippen LogP contribution is 2.36. The lowest BCUT2D eigenvalue weighted by atomic mass is 9.75. The molecule has 124 valence electrons. The molecule has 2 atom stereocenters. The van der Waals surface area contributed by atoms with Crippen molar-refractivity contribution in [1.29, 1.82) is 21.2 Å². The van der Waals surface area contributed by atoms with Crippen molar-refractivity contribution in [3.05, 3.63) is 51.8 Å². The van der Waals surface area contributed by atoms with Gasteiger partial charge in [0.1, 0.15) is 5.92 Å². The summed E-state index contributed by atoms with van der Waals surface area (Å²) in [5, 5.41) is 41.3. The number of hydrogen-bond acceptors (Lipinski definition) is 5. The Morgan fingerprint density at radius 2 is 1.84 bits per heavy atom. The molecule has 1 aromatic carbocycles. The summed E-state index contributed by atoms with van der Waals surface area (Å²) in [5.74, 6) is -2.99. The number of nitrogens with one attached hydrogen (secondary N) is 1. The first-order chi connectivity index (χ1) is 11.9. The number of nitriles is 3. The van der Waals surface area contributed by atoms with Gasteiger partial charge < -0.3 is 5.41 Å². The number of halogens is 2. The van der Waals surface area contributed by atoms with Crippen molar-refractivity contribution in [2.45, 2.75) is 5.92 Å². The van der Waals surface area contributed by atoms with Gasteiger partial charge in [0.15, 0.2) is 0 Å². The molecule has 6 nitrogen and oxygen atoms in total. The minimum atomic E-state index is -1.13. The number of rotatable bonds is 5. The molecule has 0 aliphatic heterocycles. The fourth-order valence-electron chi connectivity index (χ4n) is 2.55. The van der Waals surface area contributed by atoms with Crippen LogP contribution in [0, 0.1) is 51.2 Å². The van der Waals surface area contributed by atoms with Crippen LogP contribution in [0.15, 0.2) is 30.6 Å². The van der Waals surface area contributed by atoms with Gasteiger partial charge >= 0.3 is 0 Å². The van der Waals surface area contributed by atoms with Crippen molar-refractivity contribution >= 4 is 28.9 Å². The molecule has 0 aliphatic rings. The second-order valence-electron chi connectivity index (χ2n) is 5.36. The lowest BCUT2D eigenvalue weighted by Gasteiger charge is -2.23. The highest BCUT2D eigenvalue weighted by molar-refractivity contribution is 6.42. The molecule has 1 N–H and O–H groups in total. The summed E-state index contributed by atoms with van der Waals surface area (Å²) in [6.07, 6.45) is 3.07. The minimum absolute atomic E-state index is 0.0119. The molecule has 0 radical (unpaired) electrons. The van der Waals surface area contributed by atoms with Gasteiger partial charge in [0.2, 0.25) is 0 Å². The molecular weight excluding hydrogens is 359 g/mol. The molecule has 2 unspecified atom stereocenters. The van der Waals surface area contributed by atoms with E-state index in [0.717, 1.165) is 0 Å². The monoisotopic (exact) mass is 370 g/mol. The average molecular weight is 371 g/mol. The molecule has 8 heteroatoms. The number of aromatic nitrogens is 2. The lowest BCUT2D eigenvalue weighted by Crippen LogP contribution is -2.26. The largest absolute Gasteiger partial charge is 0.303 e. The van der Waals surface area contributed by atoms with Gasteiger partial charge in [0.25, 0.3) is 0 Å². The predicted octanol–water partition coefficient (Wildman–Crippen LogP) is 3.68. The van der Waals surface area contributed by atoms with Crippen molar-refractivity contribution in [1.82, 2.24) is 9.78 Å². The van der Waals surface area contributed by atoms with Crippen molar-refractivity contribution in [3.63, 3.8) is 0 Å². The first-order valence-corrected chi connectivity index (χ1v) is 7.89. The molecule has 0 saturated heterocycles. The van der Waals surface area contributed by atoms with Crippen molar-refractivity contribution in [2.24, 2.45) is 18.9 Å². The molecule has 0 saturated carbocycles. The Morgan fingerprint density at radius 1 is 1.16 bits per heavy atom. The van der Waals surface area contributed by atoms with Gasteiger partial charge in [-0.05, 0) is 17.7 Å². The molecule has 1 heterocycles. The Morgan fingerprint density at radius 3 is 2.32 bits per heavy atom. The molecule has 0 amide bonds. The summed E-state index contributed by atoms with van der Waals surface area (Å²) in [7, 11) is 1.70. The third kappa shape index (κ3) is 3.80. The normalized spacial score (nSPS) is 12.7. The molecule has 0 fully saturated rings. The summed E-state index contributed by atoms with van der Waals surface area (Å²) in [4.78, 5) is 0. The highest BCUT2D eigenvalue weighted by Gasteiger charge is 2.35. The minimum Gasteiger partial charge on any atom is -0.303 e. The standard InChI is InChI=1S/C17H12Cl2N6/c1-25-9-12(8-24-25)17(23)13(7-22)16(11(5-20)6-21)10-2-3-14(18)15(19)4-10/h2-4,8-9,11,13,16,23H,1H3. The Labute approximate surface area is 154 Å². The Bertz CT molecular complexity index is 914. The third-order valence-electron chi connectivity index (χ3n) is 3.79. The van der Waals surface area contributed by atoms with Crippen LogP contribution in [-0.4, -0.2) is 15.5 Å². The smallest absolute Gasteiger partial charge is 0.141 e. The topological polar surface area (TPSA) is 113 Å². The van der Waals surface area contributed by atoms with Crippen LogP contribution in [0.1, 0.15) is 17.0 Å². The van der Waals surface area contributed by atoms with Crippen LogP contribution in [0.3, 0.4) is 0 Å². The first-order valence-electron chi connectivity index (χ1n) is 7.14. The van der Waals surface area contributed by atoms with Gasteiger partial charge in [-0.1, -0.05) is 29.3 Å². The van der Waals surface area contributed by atoms with Gasteiger partial charge in [0.05, 0.1) is 46.1 Å². The summed E-state index contributed by atoms with van der Waals surface area (Å²) >= 11 is 12.0. The van der Waals surface area contributed by atoms with E-state index < -0.39 is 17.8 Å². The van der Waals surface area contributed by atoms with Crippen LogP contribution >= 0.6 is 23.2 Å². The quantitative estimate of drug-likeness (QED) is 0.808. The van der Waals surface area contributed by atoms with Gasteiger partial charge in [-0.25, -0.2) is 0 Å². The molecule has 0 spiro atoms. The maximum Gasteiger partial charge on any atom is 0.141 e. The molecule has 1 aromatic heterocycles. The van der Waals surface area contributed by atoms with Crippen LogP contribution in [0.25, 0.3) is 0 Å². The number of benzene rings is 1. The summed E-state index contributed by atoms with van der Waals surface area (Å²) in [5.41, 5.74) is 0.943. The van der Waals surface area contributed by atoms with Crippen molar-refractivity contribution in [2.75, 3.05) is 0 Å². The van der Waals surface area contributed by atoms with Crippen LogP contribution in [0.5, 0.6) is 0 Å². The molecular formula is C17H12Cl2N6. The number of nitrogens with zero attached hydrogens (tertiary/aromatic N) is 5. The second-order valence-corrected chi connectivity index (χ2v) is 6.17. The zero-order valence-electron chi connectivity index (χ0n) is 13.1. The summed E-state index contributed by atoms with van der Waals surface area (Å²) < 4.78 is 1.51. The van der Waals surface area contributed by atoms with Crippen LogP contribution in [-0.2, 0) is 7.05 Å². The first kappa shape index (κ1) is 18.5. The Balaban J connectivity index is 2.55. The zero-order chi connectivity index (χ0) is 18.6. The maximum atomic E-state index is 9.66. The van der Waals surface area contributed by atoms with Gasteiger partial charge in [0, 0.05) is 24.7 Å². The van der Waals surface area contributed by atoms with Gasteiger partial charge in [-0.3, -0.25) is 4.68 Å². The number of hydrogen-bond donors (Lipinski definition) is 1. The highest BCUT2D eigenvalue weighted by atomic mass is 35.5.